The second kappa shape index (κ2) is 2.73. The topological polar surface area (TPSA) is 29.3 Å². The fourth-order valence-electron chi connectivity index (χ4n) is 4.45. The van der Waals surface area contributed by atoms with Crippen LogP contribution in [-0.4, -0.2) is 24.2 Å². The van der Waals surface area contributed by atoms with E-state index in [0.717, 1.165) is 5.92 Å². The van der Waals surface area contributed by atoms with Crippen LogP contribution in [0.25, 0.3) is 0 Å². The maximum absolute atomic E-state index is 6.71. The SMILES string of the molecule is CN1CCCC1(N)C12CCC(CC1)C2. The minimum atomic E-state index is 0.0538. The van der Waals surface area contributed by atoms with Crippen LogP contribution in [0.1, 0.15) is 44.9 Å². The smallest absolute Gasteiger partial charge is 0.0743 e. The molecule has 0 radical (unpaired) electrons. The van der Waals surface area contributed by atoms with Crippen molar-refractivity contribution in [3.63, 3.8) is 0 Å². The number of likely N-dealkylation sites (tertiary alicyclic amines) is 1. The number of nitrogens with zero attached hydrogens (tertiary/aromatic N) is 1. The number of fused-ring (bicyclic) bond motifs is 2. The normalized spacial score (nSPS) is 53.1. The van der Waals surface area contributed by atoms with Crippen LogP contribution in [-0.2, 0) is 0 Å². The Morgan fingerprint density at radius 3 is 2.36 bits per heavy atom. The highest BCUT2D eigenvalue weighted by atomic mass is 15.3. The van der Waals surface area contributed by atoms with Gasteiger partial charge in [0.25, 0.3) is 0 Å². The first-order chi connectivity index (χ1) is 6.66. The van der Waals surface area contributed by atoms with Gasteiger partial charge in [0.1, 0.15) is 0 Å². The Morgan fingerprint density at radius 1 is 1.21 bits per heavy atom. The molecule has 80 valence electrons. The van der Waals surface area contributed by atoms with E-state index in [1.807, 2.05) is 0 Å². The van der Waals surface area contributed by atoms with Gasteiger partial charge in [-0.1, -0.05) is 0 Å². The third-order valence-corrected chi connectivity index (χ3v) is 5.39. The predicted octanol–water partition coefficient (Wildman–Crippen LogP) is 1.95. The summed E-state index contributed by atoms with van der Waals surface area (Å²) in [6.45, 7) is 1.21. The summed E-state index contributed by atoms with van der Waals surface area (Å²) < 4.78 is 0. The summed E-state index contributed by atoms with van der Waals surface area (Å²) in [5, 5.41) is 0. The molecule has 2 aliphatic carbocycles. The molecule has 1 unspecified atom stereocenters. The molecule has 3 fully saturated rings. The van der Waals surface area contributed by atoms with Crippen molar-refractivity contribution in [1.29, 1.82) is 0 Å². The average molecular weight is 194 g/mol. The van der Waals surface area contributed by atoms with E-state index in [2.05, 4.69) is 11.9 Å². The van der Waals surface area contributed by atoms with Crippen molar-refractivity contribution < 1.29 is 0 Å². The van der Waals surface area contributed by atoms with Crippen molar-refractivity contribution in [2.45, 2.75) is 50.6 Å². The molecule has 2 bridgehead atoms. The number of rotatable bonds is 1. The summed E-state index contributed by atoms with van der Waals surface area (Å²) in [4.78, 5) is 2.45. The fraction of sp³-hybridized carbons (Fsp3) is 1.00. The highest BCUT2D eigenvalue weighted by Gasteiger charge is 2.58. The Bertz CT molecular complexity index is 240. The first-order valence-electron chi connectivity index (χ1n) is 6.16. The van der Waals surface area contributed by atoms with E-state index in [1.54, 1.807) is 0 Å². The lowest BCUT2D eigenvalue weighted by Crippen LogP contribution is -2.60. The second-order valence-corrected chi connectivity index (χ2v) is 5.88. The van der Waals surface area contributed by atoms with Gasteiger partial charge in [-0.25, -0.2) is 0 Å². The van der Waals surface area contributed by atoms with Gasteiger partial charge in [0.2, 0.25) is 0 Å². The van der Waals surface area contributed by atoms with Gasteiger partial charge in [0.15, 0.2) is 0 Å². The van der Waals surface area contributed by atoms with E-state index in [9.17, 15) is 0 Å². The molecular weight excluding hydrogens is 172 g/mol. The monoisotopic (exact) mass is 194 g/mol. The molecule has 3 aliphatic rings. The number of hydrogen-bond donors (Lipinski definition) is 1. The van der Waals surface area contributed by atoms with Gasteiger partial charge in [0, 0.05) is 5.41 Å². The van der Waals surface area contributed by atoms with E-state index in [-0.39, 0.29) is 5.66 Å². The van der Waals surface area contributed by atoms with Gasteiger partial charge < -0.3 is 5.73 Å². The van der Waals surface area contributed by atoms with Crippen molar-refractivity contribution in [1.82, 2.24) is 4.90 Å². The van der Waals surface area contributed by atoms with Crippen molar-refractivity contribution in [3.05, 3.63) is 0 Å². The highest BCUT2D eigenvalue weighted by molar-refractivity contribution is 5.10. The maximum atomic E-state index is 6.71. The van der Waals surface area contributed by atoms with Gasteiger partial charge >= 0.3 is 0 Å². The van der Waals surface area contributed by atoms with Crippen LogP contribution in [0.5, 0.6) is 0 Å². The van der Waals surface area contributed by atoms with Crippen molar-refractivity contribution in [3.8, 4) is 0 Å². The third-order valence-electron chi connectivity index (χ3n) is 5.39. The molecule has 14 heavy (non-hydrogen) atoms. The van der Waals surface area contributed by atoms with Crippen molar-refractivity contribution in [2.75, 3.05) is 13.6 Å². The minimum Gasteiger partial charge on any atom is -0.313 e. The molecule has 2 N–H and O–H groups in total. The van der Waals surface area contributed by atoms with Gasteiger partial charge in [-0.05, 0) is 64.5 Å². The largest absolute Gasteiger partial charge is 0.313 e. The first kappa shape index (κ1) is 9.17. The van der Waals surface area contributed by atoms with Crippen LogP contribution < -0.4 is 5.73 Å². The summed E-state index contributed by atoms with van der Waals surface area (Å²) in [5.74, 6) is 1.02. The lowest BCUT2D eigenvalue weighted by molar-refractivity contribution is 0.0178. The van der Waals surface area contributed by atoms with Crippen LogP contribution in [0, 0.1) is 11.3 Å². The Kier molecular flexibility index (Phi) is 1.79. The molecule has 3 rings (SSSR count). The van der Waals surface area contributed by atoms with Gasteiger partial charge in [-0.15, -0.1) is 0 Å². The molecule has 1 aliphatic heterocycles. The van der Waals surface area contributed by atoms with Gasteiger partial charge in [-0.3, -0.25) is 4.90 Å². The van der Waals surface area contributed by atoms with Crippen LogP contribution >= 0.6 is 0 Å². The summed E-state index contributed by atoms with van der Waals surface area (Å²) in [6, 6.07) is 0. The van der Waals surface area contributed by atoms with Crippen molar-refractivity contribution in [2.24, 2.45) is 17.1 Å². The Hall–Kier alpha value is -0.0800. The van der Waals surface area contributed by atoms with Gasteiger partial charge in [-0.2, -0.15) is 0 Å². The van der Waals surface area contributed by atoms with E-state index in [0.29, 0.717) is 5.41 Å². The molecule has 0 aromatic carbocycles. The molecule has 2 saturated carbocycles. The highest BCUT2D eigenvalue weighted by Crippen LogP contribution is 2.61. The Labute approximate surface area is 86.8 Å². The molecule has 0 aromatic heterocycles. The minimum absolute atomic E-state index is 0.0538. The number of hydrogen-bond acceptors (Lipinski definition) is 2. The molecule has 0 amide bonds. The summed E-state index contributed by atoms with van der Waals surface area (Å²) in [6.07, 6.45) is 9.67. The summed E-state index contributed by atoms with van der Waals surface area (Å²) in [7, 11) is 2.23. The number of nitrogens with two attached hydrogens (primary N) is 1. The molecule has 1 atom stereocenters. The second-order valence-electron chi connectivity index (χ2n) is 5.88. The molecular formula is C12H22N2. The lowest BCUT2D eigenvalue weighted by atomic mass is 9.71. The Morgan fingerprint density at radius 2 is 1.93 bits per heavy atom. The van der Waals surface area contributed by atoms with Crippen molar-refractivity contribution >= 4 is 0 Å². The average Bonchev–Trinajstić information content (AvgIpc) is 2.83. The Balaban J connectivity index is 1.93. The predicted molar refractivity (Wildman–Crippen MR) is 57.8 cm³/mol. The molecule has 0 spiro atoms. The fourth-order valence-corrected chi connectivity index (χ4v) is 4.45. The van der Waals surface area contributed by atoms with E-state index < -0.39 is 0 Å². The lowest BCUT2D eigenvalue weighted by Gasteiger charge is -2.47. The quantitative estimate of drug-likeness (QED) is 0.691. The van der Waals surface area contributed by atoms with Crippen LogP contribution in [0.3, 0.4) is 0 Å². The molecule has 2 nitrogen and oxygen atoms in total. The summed E-state index contributed by atoms with van der Waals surface area (Å²) >= 11 is 0. The van der Waals surface area contributed by atoms with E-state index in [1.165, 1.54) is 51.5 Å². The standard InChI is InChI=1S/C12H22N2/c1-14-8-2-5-12(14,13)11-6-3-10(9-11)4-7-11/h10H,2-9,13H2,1H3. The zero-order valence-electron chi connectivity index (χ0n) is 9.26. The molecule has 0 aromatic rings. The third kappa shape index (κ3) is 0.938. The maximum Gasteiger partial charge on any atom is 0.0743 e. The molecule has 1 saturated heterocycles. The molecule has 1 heterocycles. The van der Waals surface area contributed by atoms with Crippen LogP contribution in [0.2, 0.25) is 0 Å². The van der Waals surface area contributed by atoms with Gasteiger partial charge in [0.05, 0.1) is 5.66 Å². The van der Waals surface area contributed by atoms with Crippen LogP contribution in [0.15, 0.2) is 0 Å². The van der Waals surface area contributed by atoms with E-state index in [4.69, 9.17) is 5.73 Å². The molecule has 2 heteroatoms. The zero-order chi connectivity index (χ0) is 9.81. The zero-order valence-corrected chi connectivity index (χ0v) is 9.26. The van der Waals surface area contributed by atoms with E-state index >= 15 is 0 Å². The van der Waals surface area contributed by atoms with Crippen LogP contribution in [0.4, 0.5) is 0 Å². The first-order valence-corrected chi connectivity index (χ1v) is 6.16. The summed E-state index contributed by atoms with van der Waals surface area (Å²) in [5.41, 5.74) is 7.26.